The molecule has 6 nitrogen and oxygen atoms in total. The molecule has 0 aliphatic carbocycles. The van der Waals surface area contributed by atoms with E-state index >= 15 is 0 Å². The number of benzene rings is 1. The van der Waals surface area contributed by atoms with Crippen molar-refractivity contribution < 1.29 is 13.2 Å². The molecular weight excluding hydrogens is 266 g/mol. The maximum atomic E-state index is 11.6. The van der Waals surface area contributed by atoms with E-state index < -0.39 is 16.1 Å². The number of rotatable bonds is 6. The average molecular weight is 285 g/mol. The van der Waals surface area contributed by atoms with Crippen LogP contribution in [-0.2, 0) is 21.4 Å². The monoisotopic (exact) mass is 285 g/mol. The van der Waals surface area contributed by atoms with Crippen molar-refractivity contribution >= 4 is 15.9 Å². The van der Waals surface area contributed by atoms with Crippen LogP contribution in [0.4, 0.5) is 0 Å². The number of primary sulfonamides is 1. The standard InChI is InChI=1S/C12H19N3O3S/c1-2-4-11(13)12(16)15-8-9-5-3-6-10(7-9)19(14,17)18/h3,5-7,11H,2,4,8,13H2,1H3,(H,15,16)(H2,14,17,18). The van der Waals surface area contributed by atoms with E-state index in [1.165, 1.54) is 12.1 Å². The van der Waals surface area contributed by atoms with Crippen LogP contribution in [0.25, 0.3) is 0 Å². The molecule has 1 rings (SSSR count). The van der Waals surface area contributed by atoms with Gasteiger partial charge in [0.05, 0.1) is 10.9 Å². The minimum Gasteiger partial charge on any atom is -0.351 e. The molecule has 0 aliphatic rings. The van der Waals surface area contributed by atoms with Gasteiger partial charge in [0.1, 0.15) is 0 Å². The molecule has 19 heavy (non-hydrogen) atoms. The van der Waals surface area contributed by atoms with Gasteiger partial charge in [-0.25, -0.2) is 13.6 Å². The Hall–Kier alpha value is -1.44. The number of amides is 1. The first-order chi connectivity index (χ1) is 8.84. The minimum absolute atomic E-state index is 0.0251. The number of carbonyl (C=O) groups excluding carboxylic acids is 1. The first-order valence-electron chi connectivity index (χ1n) is 5.99. The molecule has 0 radical (unpaired) electrons. The Morgan fingerprint density at radius 2 is 2.11 bits per heavy atom. The maximum Gasteiger partial charge on any atom is 0.238 e. The van der Waals surface area contributed by atoms with Crippen LogP contribution in [0.3, 0.4) is 0 Å². The fourth-order valence-corrected chi connectivity index (χ4v) is 2.18. The normalized spacial score (nSPS) is 13.0. The predicted octanol–water partition coefficient (Wildman–Crippen LogP) is 0.0776. The van der Waals surface area contributed by atoms with Gasteiger partial charge in [0, 0.05) is 6.54 Å². The van der Waals surface area contributed by atoms with Crippen LogP contribution in [-0.4, -0.2) is 20.4 Å². The molecule has 1 aromatic rings. The lowest BCUT2D eigenvalue weighted by Crippen LogP contribution is -2.40. The minimum atomic E-state index is -3.73. The Morgan fingerprint density at radius 1 is 1.42 bits per heavy atom. The number of hydrogen-bond donors (Lipinski definition) is 3. The molecule has 5 N–H and O–H groups in total. The Bertz CT molecular complexity index is 543. The summed E-state index contributed by atoms with van der Waals surface area (Å²) in [6, 6.07) is 5.59. The summed E-state index contributed by atoms with van der Waals surface area (Å²) in [7, 11) is -3.73. The van der Waals surface area contributed by atoms with Gasteiger partial charge in [0.25, 0.3) is 0 Å². The van der Waals surface area contributed by atoms with Crippen molar-refractivity contribution in [1.29, 1.82) is 0 Å². The van der Waals surface area contributed by atoms with Gasteiger partial charge in [0.2, 0.25) is 15.9 Å². The summed E-state index contributed by atoms with van der Waals surface area (Å²) >= 11 is 0. The lowest BCUT2D eigenvalue weighted by Gasteiger charge is -2.11. The first-order valence-corrected chi connectivity index (χ1v) is 7.54. The molecule has 0 bridgehead atoms. The Labute approximate surface area is 113 Å². The molecule has 0 heterocycles. The molecule has 1 aromatic carbocycles. The van der Waals surface area contributed by atoms with E-state index in [-0.39, 0.29) is 17.3 Å². The molecule has 0 saturated heterocycles. The van der Waals surface area contributed by atoms with E-state index in [0.29, 0.717) is 12.0 Å². The quantitative estimate of drug-likeness (QED) is 0.686. The molecular formula is C12H19N3O3S. The van der Waals surface area contributed by atoms with E-state index in [2.05, 4.69) is 5.32 Å². The summed E-state index contributed by atoms with van der Waals surface area (Å²) in [4.78, 5) is 11.6. The fourth-order valence-electron chi connectivity index (χ4n) is 1.59. The van der Waals surface area contributed by atoms with Crippen LogP contribution in [0.5, 0.6) is 0 Å². The van der Waals surface area contributed by atoms with Crippen molar-refractivity contribution in [3.8, 4) is 0 Å². The Balaban J connectivity index is 2.66. The Kier molecular flexibility index (Phi) is 5.46. The summed E-state index contributed by atoms with van der Waals surface area (Å²) < 4.78 is 22.4. The van der Waals surface area contributed by atoms with Crippen molar-refractivity contribution in [2.24, 2.45) is 10.9 Å². The zero-order chi connectivity index (χ0) is 14.5. The van der Waals surface area contributed by atoms with E-state index in [9.17, 15) is 13.2 Å². The maximum absolute atomic E-state index is 11.6. The molecule has 106 valence electrons. The van der Waals surface area contributed by atoms with Crippen LogP contribution in [0.1, 0.15) is 25.3 Å². The van der Waals surface area contributed by atoms with Gasteiger partial charge in [-0.2, -0.15) is 0 Å². The van der Waals surface area contributed by atoms with Crippen LogP contribution < -0.4 is 16.2 Å². The largest absolute Gasteiger partial charge is 0.351 e. The van der Waals surface area contributed by atoms with Crippen LogP contribution in [0.2, 0.25) is 0 Å². The van der Waals surface area contributed by atoms with Gasteiger partial charge in [-0.3, -0.25) is 4.79 Å². The number of hydrogen-bond acceptors (Lipinski definition) is 4. The molecule has 0 saturated carbocycles. The second-order valence-corrected chi connectivity index (χ2v) is 5.87. The predicted molar refractivity (Wildman–Crippen MR) is 72.5 cm³/mol. The lowest BCUT2D eigenvalue weighted by molar-refractivity contribution is -0.122. The van der Waals surface area contributed by atoms with Gasteiger partial charge in [-0.15, -0.1) is 0 Å². The smallest absolute Gasteiger partial charge is 0.238 e. The molecule has 0 aliphatic heterocycles. The third kappa shape index (κ3) is 4.98. The lowest BCUT2D eigenvalue weighted by atomic mass is 10.1. The highest BCUT2D eigenvalue weighted by atomic mass is 32.2. The fraction of sp³-hybridized carbons (Fsp3) is 0.417. The number of carbonyl (C=O) groups is 1. The molecule has 1 amide bonds. The molecule has 0 spiro atoms. The van der Waals surface area contributed by atoms with E-state index in [4.69, 9.17) is 10.9 Å². The highest BCUT2D eigenvalue weighted by Gasteiger charge is 2.12. The average Bonchev–Trinajstić information content (AvgIpc) is 2.35. The van der Waals surface area contributed by atoms with Gasteiger partial charge in [-0.05, 0) is 24.1 Å². The third-order valence-electron chi connectivity index (χ3n) is 2.63. The van der Waals surface area contributed by atoms with Crippen molar-refractivity contribution in [3.63, 3.8) is 0 Å². The van der Waals surface area contributed by atoms with Gasteiger partial charge < -0.3 is 11.1 Å². The number of sulfonamides is 1. The van der Waals surface area contributed by atoms with Crippen LogP contribution in [0.15, 0.2) is 29.2 Å². The molecule has 7 heteroatoms. The van der Waals surface area contributed by atoms with E-state index in [1.807, 2.05) is 6.92 Å². The number of nitrogens with one attached hydrogen (secondary N) is 1. The van der Waals surface area contributed by atoms with Crippen molar-refractivity contribution in [2.75, 3.05) is 0 Å². The highest BCUT2D eigenvalue weighted by molar-refractivity contribution is 7.89. The van der Waals surface area contributed by atoms with Crippen LogP contribution >= 0.6 is 0 Å². The third-order valence-corrected chi connectivity index (χ3v) is 3.54. The summed E-state index contributed by atoms with van der Waals surface area (Å²) in [6.07, 6.45) is 1.44. The van der Waals surface area contributed by atoms with Gasteiger partial charge in [0.15, 0.2) is 0 Å². The second kappa shape index (κ2) is 6.65. The summed E-state index contributed by atoms with van der Waals surface area (Å²) in [5.74, 6) is -0.247. The van der Waals surface area contributed by atoms with Gasteiger partial charge in [-0.1, -0.05) is 25.5 Å². The topological polar surface area (TPSA) is 115 Å². The summed E-state index contributed by atoms with van der Waals surface area (Å²) in [6.45, 7) is 2.17. The van der Waals surface area contributed by atoms with Gasteiger partial charge >= 0.3 is 0 Å². The molecule has 1 atom stereocenters. The van der Waals surface area contributed by atoms with Crippen LogP contribution in [0, 0.1) is 0 Å². The second-order valence-electron chi connectivity index (χ2n) is 4.31. The zero-order valence-corrected chi connectivity index (χ0v) is 11.6. The number of nitrogens with two attached hydrogens (primary N) is 2. The summed E-state index contributed by atoms with van der Waals surface area (Å²) in [5, 5.41) is 7.70. The van der Waals surface area contributed by atoms with E-state index in [1.54, 1.807) is 12.1 Å². The highest BCUT2D eigenvalue weighted by Crippen LogP contribution is 2.09. The van der Waals surface area contributed by atoms with Crippen molar-refractivity contribution in [1.82, 2.24) is 5.32 Å². The SMILES string of the molecule is CCCC(N)C(=O)NCc1cccc(S(N)(=O)=O)c1. The summed E-state index contributed by atoms with van der Waals surface area (Å²) in [5.41, 5.74) is 6.32. The van der Waals surface area contributed by atoms with Crippen molar-refractivity contribution in [2.45, 2.75) is 37.2 Å². The molecule has 0 fully saturated rings. The molecule has 0 aromatic heterocycles. The Morgan fingerprint density at radius 3 is 2.68 bits per heavy atom. The first kappa shape index (κ1) is 15.6. The zero-order valence-electron chi connectivity index (χ0n) is 10.8. The van der Waals surface area contributed by atoms with Crippen molar-refractivity contribution in [3.05, 3.63) is 29.8 Å². The van der Waals surface area contributed by atoms with E-state index in [0.717, 1.165) is 6.42 Å². The molecule has 1 unspecified atom stereocenters.